The Balaban J connectivity index is 3.07. The highest BCUT2D eigenvalue weighted by Gasteiger charge is 2.29. The summed E-state index contributed by atoms with van der Waals surface area (Å²) < 4.78 is 30.5. The number of rotatable bonds is 4. The molecule has 1 atom stereocenters. The number of ether oxygens (including phenoxy) is 1. The second-order valence-corrected chi connectivity index (χ2v) is 4.15. The number of hydrogen-bond donors (Lipinski definition) is 1. The van der Waals surface area contributed by atoms with Crippen LogP contribution in [0.25, 0.3) is 0 Å². The van der Waals surface area contributed by atoms with Crippen LogP contribution in [0.2, 0.25) is 0 Å². The number of methoxy groups -OCH3 is 1. The van der Waals surface area contributed by atoms with Crippen molar-refractivity contribution in [3.8, 4) is 0 Å². The first-order chi connectivity index (χ1) is 7.92. The Morgan fingerprint density at radius 3 is 2.53 bits per heavy atom. The van der Waals surface area contributed by atoms with Gasteiger partial charge in [-0.15, -0.1) is 0 Å². The molecular weight excluding hydrogens is 228 g/mol. The van der Waals surface area contributed by atoms with E-state index in [-0.39, 0.29) is 13.0 Å². The van der Waals surface area contributed by atoms with Crippen molar-refractivity contribution in [2.45, 2.75) is 18.8 Å². The van der Waals surface area contributed by atoms with Crippen LogP contribution in [0.15, 0.2) is 18.2 Å². The molecule has 0 bridgehead atoms. The highest BCUT2D eigenvalue weighted by atomic mass is 19.2. The molecule has 1 aromatic rings. The van der Waals surface area contributed by atoms with Gasteiger partial charge in [-0.05, 0) is 17.7 Å². The highest BCUT2D eigenvalue weighted by molar-refractivity contribution is 5.71. The first kappa shape index (κ1) is 13.6. The van der Waals surface area contributed by atoms with Gasteiger partial charge in [0.25, 0.3) is 0 Å². The molecule has 0 aliphatic rings. The Labute approximate surface area is 98.6 Å². The summed E-state index contributed by atoms with van der Waals surface area (Å²) in [6.07, 6.45) is 0.0189. The lowest BCUT2D eigenvalue weighted by Gasteiger charge is -2.27. The van der Waals surface area contributed by atoms with Crippen molar-refractivity contribution >= 4 is 5.97 Å². The zero-order valence-electron chi connectivity index (χ0n) is 9.80. The molecule has 0 radical (unpaired) electrons. The Bertz CT molecular complexity index is 423. The van der Waals surface area contributed by atoms with Gasteiger partial charge >= 0.3 is 5.97 Å². The van der Waals surface area contributed by atoms with Crippen molar-refractivity contribution in [1.29, 1.82) is 0 Å². The molecule has 0 saturated carbocycles. The minimum absolute atomic E-state index is 0.0189. The largest absolute Gasteiger partial charge is 0.469 e. The summed E-state index contributed by atoms with van der Waals surface area (Å²) in [6, 6.07) is 3.51. The molecule has 0 aromatic heterocycles. The molecule has 3 nitrogen and oxygen atoms in total. The minimum atomic E-state index is -0.952. The van der Waals surface area contributed by atoms with E-state index in [9.17, 15) is 13.6 Å². The summed E-state index contributed by atoms with van der Waals surface area (Å²) in [4.78, 5) is 11.3. The molecule has 0 fully saturated rings. The number of carbonyl (C=O) groups excluding carboxylic acids is 1. The first-order valence-corrected chi connectivity index (χ1v) is 5.15. The fourth-order valence-corrected chi connectivity index (χ4v) is 1.55. The van der Waals surface area contributed by atoms with E-state index in [0.717, 1.165) is 12.1 Å². The van der Waals surface area contributed by atoms with Crippen LogP contribution >= 0.6 is 0 Å². The lowest BCUT2D eigenvalue weighted by Crippen LogP contribution is -2.34. The van der Waals surface area contributed by atoms with Crippen molar-refractivity contribution in [2.24, 2.45) is 5.73 Å². The third-order valence-corrected chi connectivity index (χ3v) is 2.83. The second kappa shape index (κ2) is 5.23. The molecule has 1 unspecified atom stereocenters. The molecule has 0 amide bonds. The molecule has 0 spiro atoms. The fourth-order valence-electron chi connectivity index (χ4n) is 1.55. The van der Waals surface area contributed by atoms with Crippen molar-refractivity contribution in [3.05, 3.63) is 35.4 Å². The Morgan fingerprint density at radius 1 is 1.41 bits per heavy atom. The van der Waals surface area contributed by atoms with Gasteiger partial charge in [-0.3, -0.25) is 4.79 Å². The standard InChI is InChI=1S/C12H15F2NO2/c1-12(7-15,6-11(16)17-2)8-3-4-9(13)10(14)5-8/h3-5H,6-7,15H2,1-2H3. The van der Waals surface area contributed by atoms with Crippen LogP contribution in [0.1, 0.15) is 18.9 Å². The SMILES string of the molecule is COC(=O)CC(C)(CN)c1ccc(F)c(F)c1. The van der Waals surface area contributed by atoms with Gasteiger partial charge in [0.1, 0.15) is 0 Å². The van der Waals surface area contributed by atoms with Crippen molar-refractivity contribution in [2.75, 3.05) is 13.7 Å². The quantitative estimate of drug-likeness (QED) is 0.819. The van der Waals surface area contributed by atoms with Crippen LogP contribution in [0, 0.1) is 11.6 Å². The Morgan fingerprint density at radius 2 is 2.06 bits per heavy atom. The van der Waals surface area contributed by atoms with Crippen LogP contribution in [-0.2, 0) is 14.9 Å². The van der Waals surface area contributed by atoms with Crippen molar-refractivity contribution in [3.63, 3.8) is 0 Å². The molecule has 17 heavy (non-hydrogen) atoms. The van der Waals surface area contributed by atoms with Gasteiger partial charge < -0.3 is 10.5 Å². The summed E-state index contributed by atoms with van der Waals surface area (Å²) in [5, 5.41) is 0. The van der Waals surface area contributed by atoms with Crippen LogP contribution in [0.5, 0.6) is 0 Å². The van der Waals surface area contributed by atoms with Gasteiger partial charge in [-0.2, -0.15) is 0 Å². The third-order valence-electron chi connectivity index (χ3n) is 2.83. The molecule has 0 saturated heterocycles. The van der Waals surface area contributed by atoms with Gasteiger partial charge in [-0.25, -0.2) is 8.78 Å². The molecule has 0 heterocycles. The maximum Gasteiger partial charge on any atom is 0.306 e. The first-order valence-electron chi connectivity index (χ1n) is 5.15. The second-order valence-electron chi connectivity index (χ2n) is 4.15. The molecule has 1 aromatic carbocycles. The molecule has 1 rings (SSSR count). The summed E-state index contributed by atoms with van der Waals surface area (Å²) in [5.41, 5.74) is 5.32. The predicted octanol–water partition coefficient (Wildman–Crippen LogP) is 1.74. The highest BCUT2D eigenvalue weighted by Crippen LogP contribution is 2.28. The van der Waals surface area contributed by atoms with Crippen LogP contribution in [-0.4, -0.2) is 19.6 Å². The Kier molecular flexibility index (Phi) is 4.17. The maximum absolute atomic E-state index is 13.1. The van der Waals surface area contributed by atoms with Crippen LogP contribution in [0.4, 0.5) is 8.78 Å². The Hall–Kier alpha value is -1.49. The van der Waals surface area contributed by atoms with Crippen LogP contribution in [0.3, 0.4) is 0 Å². The molecule has 94 valence electrons. The number of halogens is 2. The number of esters is 1. The number of nitrogens with two attached hydrogens (primary N) is 1. The van der Waals surface area contributed by atoms with E-state index in [2.05, 4.69) is 4.74 Å². The minimum Gasteiger partial charge on any atom is -0.469 e. The zero-order chi connectivity index (χ0) is 13.1. The summed E-state index contributed by atoms with van der Waals surface area (Å²) in [5.74, 6) is -2.32. The van der Waals surface area contributed by atoms with Gasteiger partial charge in [0.05, 0.1) is 13.5 Å². The zero-order valence-corrected chi connectivity index (χ0v) is 9.80. The van der Waals surface area contributed by atoms with E-state index in [4.69, 9.17) is 5.73 Å². The predicted molar refractivity (Wildman–Crippen MR) is 59.4 cm³/mol. The number of carbonyl (C=O) groups is 1. The van der Waals surface area contributed by atoms with Crippen molar-refractivity contribution < 1.29 is 18.3 Å². The average molecular weight is 243 g/mol. The lowest BCUT2D eigenvalue weighted by atomic mass is 9.79. The van der Waals surface area contributed by atoms with E-state index in [1.165, 1.54) is 13.2 Å². The van der Waals surface area contributed by atoms with Gasteiger partial charge in [0.2, 0.25) is 0 Å². The van der Waals surface area contributed by atoms with E-state index >= 15 is 0 Å². The van der Waals surface area contributed by atoms with E-state index in [1.54, 1.807) is 6.92 Å². The average Bonchev–Trinajstić information content (AvgIpc) is 2.32. The number of benzene rings is 1. The number of hydrogen-bond acceptors (Lipinski definition) is 3. The van der Waals surface area contributed by atoms with E-state index < -0.39 is 23.0 Å². The van der Waals surface area contributed by atoms with Gasteiger partial charge in [0, 0.05) is 12.0 Å². The summed E-state index contributed by atoms with van der Waals surface area (Å²) in [6.45, 7) is 1.84. The van der Waals surface area contributed by atoms with Gasteiger partial charge in [-0.1, -0.05) is 13.0 Å². The molecule has 2 N–H and O–H groups in total. The topological polar surface area (TPSA) is 52.3 Å². The normalized spacial score (nSPS) is 14.2. The molecule has 0 aliphatic heterocycles. The molecule has 5 heteroatoms. The molecule has 0 aliphatic carbocycles. The molecular formula is C12H15F2NO2. The monoisotopic (exact) mass is 243 g/mol. The van der Waals surface area contributed by atoms with Gasteiger partial charge in [0.15, 0.2) is 11.6 Å². The smallest absolute Gasteiger partial charge is 0.306 e. The summed E-state index contributed by atoms with van der Waals surface area (Å²) >= 11 is 0. The summed E-state index contributed by atoms with van der Waals surface area (Å²) in [7, 11) is 1.27. The fraction of sp³-hybridized carbons (Fsp3) is 0.417. The van der Waals surface area contributed by atoms with E-state index in [1.807, 2.05) is 0 Å². The lowest BCUT2D eigenvalue weighted by molar-refractivity contribution is -0.141. The third kappa shape index (κ3) is 3.00. The van der Waals surface area contributed by atoms with Crippen LogP contribution < -0.4 is 5.73 Å². The maximum atomic E-state index is 13.1. The van der Waals surface area contributed by atoms with Crippen molar-refractivity contribution in [1.82, 2.24) is 0 Å². The van der Waals surface area contributed by atoms with E-state index in [0.29, 0.717) is 5.56 Å².